The molecule has 1 saturated heterocycles. The van der Waals surface area contributed by atoms with E-state index < -0.39 is 47.9 Å². The minimum atomic E-state index is -1.22. The highest BCUT2D eigenvalue weighted by Gasteiger charge is 2.39. The third-order valence-corrected chi connectivity index (χ3v) is 5.92. The first-order chi connectivity index (χ1) is 15.2. The minimum absolute atomic E-state index is 0.0613. The first-order valence-corrected chi connectivity index (χ1v) is 11.3. The molecule has 0 aromatic heterocycles. The summed E-state index contributed by atoms with van der Waals surface area (Å²) in [5, 5.41) is 23.7. The number of nitrogens with zero attached hydrogens (tertiary/aromatic N) is 1. The number of nitrogens with two attached hydrogens (primary N) is 1. The monoisotopic (exact) mass is 484 g/mol. The molecule has 0 bridgehead atoms. The molecule has 1 aromatic carbocycles. The van der Waals surface area contributed by atoms with Crippen LogP contribution in [-0.2, 0) is 25.6 Å². The van der Waals surface area contributed by atoms with E-state index in [1.165, 1.54) is 17.0 Å². The van der Waals surface area contributed by atoms with Crippen LogP contribution >= 0.6 is 25.3 Å². The molecule has 1 aliphatic rings. The van der Waals surface area contributed by atoms with Crippen molar-refractivity contribution in [3.63, 3.8) is 0 Å². The van der Waals surface area contributed by atoms with Crippen molar-refractivity contribution in [3.05, 3.63) is 29.8 Å². The fourth-order valence-corrected chi connectivity index (χ4v) is 3.80. The Morgan fingerprint density at radius 1 is 1.09 bits per heavy atom. The van der Waals surface area contributed by atoms with Gasteiger partial charge < -0.3 is 31.5 Å². The van der Waals surface area contributed by atoms with Crippen molar-refractivity contribution in [1.29, 1.82) is 0 Å². The topological polar surface area (TPSA) is 162 Å². The molecule has 0 radical (unpaired) electrons. The number of phenolic OH excluding ortho intramolecular Hbond substituents is 1. The summed E-state index contributed by atoms with van der Waals surface area (Å²) in [6.07, 6.45) is 1.04. The number of aliphatic carboxylic acids is 1. The van der Waals surface area contributed by atoms with Crippen LogP contribution < -0.4 is 16.4 Å². The van der Waals surface area contributed by atoms with Gasteiger partial charge in [0.15, 0.2) is 0 Å². The summed E-state index contributed by atoms with van der Waals surface area (Å²) in [6.45, 7) is 0.288. The maximum Gasteiger partial charge on any atom is 0.327 e. The van der Waals surface area contributed by atoms with Gasteiger partial charge in [0.05, 0.1) is 6.04 Å². The highest BCUT2D eigenvalue weighted by molar-refractivity contribution is 7.80. The van der Waals surface area contributed by atoms with Gasteiger partial charge in [-0.2, -0.15) is 25.3 Å². The second-order valence-corrected chi connectivity index (χ2v) is 8.22. The molecule has 0 saturated carbocycles. The lowest BCUT2D eigenvalue weighted by Crippen LogP contribution is -2.57. The number of amides is 3. The van der Waals surface area contributed by atoms with Gasteiger partial charge >= 0.3 is 5.97 Å². The Labute approximate surface area is 196 Å². The predicted molar refractivity (Wildman–Crippen MR) is 124 cm³/mol. The highest BCUT2D eigenvalue weighted by Crippen LogP contribution is 2.20. The number of rotatable bonds is 10. The van der Waals surface area contributed by atoms with E-state index in [1.54, 1.807) is 12.1 Å². The zero-order valence-corrected chi connectivity index (χ0v) is 19.1. The molecular formula is C20H28N4O6S2. The Hall–Kier alpha value is -2.44. The zero-order chi connectivity index (χ0) is 23.8. The van der Waals surface area contributed by atoms with Crippen molar-refractivity contribution < 1.29 is 29.4 Å². The van der Waals surface area contributed by atoms with Gasteiger partial charge in [0, 0.05) is 24.5 Å². The van der Waals surface area contributed by atoms with Gasteiger partial charge in [0.25, 0.3) is 0 Å². The van der Waals surface area contributed by atoms with Crippen molar-refractivity contribution in [2.24, 2.45) is 5.73 Å². The molecule has 2 rings (SSSR count). The van der Waals surface area contributed by atoms with Crippen molar-refractivity contribution in [1.82, 2.24) is 15.5 Å². The third-order valence-electron chi connectivity index (χ3n) is 5.16. The third kappa shape index (κ3) is 6.78. The van der Waals surface area contributed by atoms with E-state index in [0.29, 0.717) is 18.4 Å². The molecule has 1 fully saturated rings. The number of carboxylic acid groups (broad SMARTS) is 1. The molecule has 1 aromatic rings. The maximum atomic E-state index is 13.4. The number of carbonyl (C=O) groups excluding carboxylic acids is 3. The Balaban J connectivity index is 2.21. The summed E-state index contributed by atoms with van der Waals surface area (Å²) in [4.78, 5) is 51.0. The number of carboxylic acids is 1. The molecule has 0 spiro atoms. The van der Waals surface area contributed by atoms with Crippen molar-refractivity contribution in [2.45, 2.75) is 43.4 Å². The number of carbonyl (C=O) groups is 4. The molecule has 1 heterocycles. The number of likely N-dealkylation sites (tertiary alicyclic amines) is 1. The molecule has 3 amide bonds. The average Bonchev–Trinajstić information content (AvgIpc) is 3.26. The van der Waals surface area contributed by atoms with E-state index >= 15 is 0 Å². The number of benzene rings is 1. The smallest absolute Gasteiger partial charge is 0.327 e. The Morgan fingerprint density at radius 3 is 2.31 bits per heavy atom. The molecule has 32 heavy (non-hydrogen) atoms. The van der Waals surface area contributed by atoms with Crippen LogP contribution in [0.25, 0.3) is 0 Å². The number of thiol groups is 2. The molecule has 12 heteroatoms. The number of aromatic hydroxyl groups is 1. The summed E-state index contributed by atoms with van der Waals surface area (Å²) >= 11 is 7.95. The summed E-state index contributed by atoms with van der Waals surface area (Å²) in [6, 6.07) is 2.22. The molecule has 6 N–H and O–H groups in total. The lowest BCUT2D eigenvalue weighted by Gasteiger charge is -2.30. The lowest BCUT2D eigenvalue weighted by atomic mass is 10.0. The van der Waals surface area contributed by atoms with E-state index in [2.05, 4.69) is 35.9 Å². The highest BCUT2D eigenvalue weighted by atomic mass is 32.1. The number of phenols is 1. The van der Waals surface area contributed by atoms with Crippen LogP contribution in [0.15, 0.2) is 24.3 Å². The fraction of sp³-hybridized carbons (Fsp3) is 0.500. The molecule has 176 valence electrons. The van der Waals surface area contributed by atoms with E-state index in [1.807, 2.05) is 0 Å². The molecule has 10 nitrogen and oxygen atoms in total. The van der Waals surface area contributed by atoms with Gasteiger partial charge in [-0.1, -0.05) is 12.1 Å². The first-order valence-electron chi connectivity index (χ1n) is 10.1. The first kappa shape index (κ1) is 25.8. The zero-order valence-electron chi connectivity index (χ0n) is 17.3. The SMILES string of the molecule is NC(CS)C(=O)NC(Cc1ccc(O)cc1)C(=O)N1CCCC1C(=O)NC(CS)C(=O)O. The van der Waals surface area contributed by atoms with E-state index in [0.717, 1.165) is 0 Å². The van der Waals surface area contributed by atoms with E-state index in [4.69, 9.17) is 10.8 Å². The van der Waals surface area contributed by atoms with E-state index in [-0.39, 0.29) is 30.2 Å². The minimum Gasteiger partial charge on any atom is -0.508 e. The van der Waals surface area contributed by atoms with Crippen molar-refractivity contribution in [2.75, 3.05) is 18.1 Å². The Morgan fingerprint density at radius 2 is 1.75 bits per heavy atom. The summed E-state index contributed by atoms with van der Waals surface area (Å²) in [7, 11) is 0. The van der Waals surface area contributed by atoms with E-state index in [9.17, 15) is 24.3 Å². The van der Waals surface area contributed by atoms with Crippen LogP contribution in [0.2, 0.25) is 0 Å². The summed E-state index contributed by atoms with van der Waals surface area (Å²) < 4.78 is 0. The van der Waals surface area contributed by atoms with Gasteiger partial charge in [-0.25, -0.2) is 4.79 Å². The van der Waals surface area contributed by atoms with Crippen LogP contribution in [0, 0.1) is 0 Å². The van der Waals surface area contributed by atoms with Crippen LogP contribution in [0.5, 0.6) is 5.75 Å². The maximum absolute atomic E-state index is 13.4. The lowest BCUT2D eigenvalue weighted by molar-refractivity contribution is -0.144. The Bertz CT molecular complexity index is 838. The van der Waals surface area contributed by atoms with Crippen LogP contribution in [0.3, 0.4) is 0 Å². The quantitative estimate of drug-likeness (QED) is 0.213. The normalized spacial score (nSPS) is 18.5. The average molecular weight is 485 g/mol. The van der Waals surface area contributed by atoms with Gasteiger partial charge in [-0.05, 0) is 30.5 Å². The van der Waals surface area contributed by atoms with Crippen LogP contribution in [0.1, 0.15) is 18.4 Å². The molecule has 4 unspecified atom stereocenters. The van der Waals surface area contributed by atoms with Crippen molar-refractivity contribution >= 4 is 48.9 Å². The number of hydrogen-bond acceptors (Lipinski definition) is 8. The summed E-state index contributed by atoms with van der Waals surface area (Å²) in [5.74, 6) is -2.79. The number of hydrogen-bond donors (Lipinski definition) is 7. The van der Waals surface area contributed by atoms with Crippen molar-refractivity contribution in [3.8, 4) is 5.75 Å². The molecule has 0 aliphatic carbocycles. The molecule has 4 atom stereocenters. The second kappa shape index (κ2) is 12.0. The number of nitrogens with one attached hydrogen (secondary N) is 2. The summed E-state index contributed by atoms with van der Waals surface area (Å²) in [5.41, 5.74) is 6.41. The standard InChI is InChI=1S/C20H28N4O6S2/c21-13(9-31)17(26)22-14(8-11-3-5-12(25)6-4-11)19(28)24-7-1-2-16(24)18(27)23-15(10-32)20(29)30/h3-6,13-16,25,31-32H,1-2,7-10,21H2,(H,22,26)(H,23,27)(H,29,30). The van der Waals surface area contributed by atoms with Gasteiger partial charge in [0.2, 0.25) is 17.7 Å². The fourth-order valence-electron chi connectivity index (χ4n) is 3.39. The molecule has 1 aliphatic heterocycles. The predicted octanol–water partition coefficient (Wildman–Crippen LogP) is -0.833. The van der Waals surface area contributed by atoms with Gasteiger partial charge in [-0.3, -0.25) is 14.4 Å². The second-order valence-electron chi connectivity index (χ2n) is 7.49. The van der Waals surface area contributed by atoms with Crippen LogP contribution in [-0.4, -0.2) is 81.0 Å². The Kier molecular flexibility index (Phi) is 9.66. The van der Waals surface area contributed by atoms with Crippen LogP contribution in [0.4, 0.5) is 0 Å². The van der Waals surface area contributed by atoms with Gasteiger partial charge in [-0.15, -0.1) is 0 Å². The largest absolute Gasteiger partial charge is 0.508 e. The van der Waals surface area contributed by atoms with Gasteiger partial charge in [0.1, 0.15) is 23.9 Å². The molecular weight excluding hydrogens is 456 g/mol.